The summed E-state index contributed by atoms with van der Waals surface area (Å²) in [6.45, 7) is 7.26. The van der Waals surface area contributed by atoms with E-state index in [4.69, 9.17) is 9.57 Å². The normalized spacial score (nSPS) is 23.1. The van der Waals surface area contributed by atoms with Crippen LogP contribution in [0.3, 0.4) is 0 Å². The molecule has 1 spiro atoms. The van der Waals surface area contributed by atoms with Crippen molar-refractivity contribution in [3.63, 3.8) is 0 Å². The lowest BCUT2D eigenvalue weighted by Crippen LogP contribution is -2.49. The molecule has 0 aromatic heterocycles. The van der Waals surface area contributed by atoms with Crippen molar-refractivity contribution in [2.24, 2.45) is 5.41 Å². The van der Waals surface area contributed by atoms with E-state index < -0.39 is 0 Å². The van der Waals surface area contributed by atoms with Crippen LogP contribution in [0, 0.1) is 19.3 Å². The molecule has 1 aromatic rings. The third-order valence-corrected chi connectivity index (χ3v) is 4.96. The summed E-state index contributed by atoms with van der Waals surface area (Å²) in [5, 5.41) is 10.1. The molecule has 0 amide bonds. The predicted octanol–water partition coefficient (Wildman–Crippen LogP) is 3.15. The summed E-state index contributed by atoms with van der Waals surface area (Å²) < 4.78 is 6.05. The SMILES string of the molecule is CCONC1c2cc(O)c(C)c(C)c2OCC12CCC2. The van der Waals surface area contributed by atoms with Gasteiger partial charge in [0.2, 0.25) is 0 Å². The third kappa shape index (κ3) is 1.90. The summed E-state index contributed by atoms with van der Waals surface area (Å²) in [6.07, 6.45) is 3.52. The molecule has 1 heterocycles. The molecule has 1 atom stereocenters. The fourth-order valence-corrected chi connectivity index (χ4v) is 3.35. The Kier molecular flexibility index (Phi) is 3.38. The zero-order valence-electron chi connectivity index (χ0n) is 12.5. The monoisotopic (exact) mass is 277 g/mol. The molecule has 0 saturated heterocycles. The highest BCUT2D eigenvalue weighted by atomic mass is 16.6. The van der Waals surface area contributed by atoms with Crippen molar-refractivity contribution in [1.29, 1.82) is 0 Å². The van der Waals surface area contributed by atoms with Crippen molar-refractivity contribution >= 4 is 0 Å². The van der Waals surface area contributed by atoms with Crippen molar-refractivity contribution in [2.45, 2.75) is 46.1 Å². The minimum atomic E-state index is 0.102. The smallest absolute Gasteiger partial charge is 0.127 e. The fourth-order valence-electron chi connectivity index (χ4n) is 3.35. The summed E-state index contributed by atoms with van der Waals surface area (Å²) in [5.41, 5.74) is 6.27. The Morgan fingerprint density at radius 2 is 2.15 bits per heavy atom. The molecular weight excluding hydrogens is 254 g/mol. The number of aromatic hydroxyl groups is 1. The summed E-state index contributed by atoms with van der Waals surface area (Å²) in [7, 11) is 0. The van der Waals surface area contributed by atoms with Gasteiger partial charge in [-0.15, -0.1) is 0 Å². The van der Waals surface area contributed by atoms with Gasteiger partial charge in [-0.05, 0) is 50.8 Å². The summed E-state index contributed by atoms with van der Waals surface area (Å²) in [6, 6.07) is 1.94. The maximum absolute atomic E-state index is 10.1. The van der Waals surface area contributed by atoms with Crippen LogP contribution in [0.4, 0.5) is 0 Å². The maximum Gasteiger partial charge on any atom is 0.127 e. The van der Waals surface area contributed by atoms with E-state index in [2.05, 4.69) is 5.48 Å². The highest BCUT2D eigenvalue weighted by Crippen LogP contribution is 2.56. The second kappa shape index (κ2) is 4.93. The van der Waals surface area contributed by atoms with Crippen LogP contribution in [0.5, 0.6) is 11.5 Å². The van der Waals surface area contributed by atoms with Crippen LogP contribution >= 0.6 is 0 Å². The van der Waals surface area contributed by atoms with E-state index in [0.29, 0.717) is 12.4 Å². The number of rotatable bonds is 3. The van der Waals surface area contributed by atoms with E-state index in [1.165, 1.54) is 6.42 Å². The molecule has 0 bridgehead atoms. The zero-order valence-corrected chi connectivity index (χ0v) is 12.5. The van der Waals surface area contributed by atoms with Crippen LogP contribution in [0.2, 0.25) is 0 Å². The van der Waals surface area contributed by atoms with Crippen LogP contribution < -0.4 is 10.2 Å². The van der Waals surface area contributed by atoms with Gasteiger partial charge in [-0.25, -0.2) is 0 Å². The van der Waals surface area contributed by atoms with E-state index >= 15 is 0 Å². The third-order valence-electron chi connectivity index (χ3n) is 4.96. The number of hydrogen-bond acceptors (Lipinski definition) is 4. The van der Waals surface area contributed by atoms with Gasteiger partial charge in [0.15, 0.2) is 0 Å². The Labute approximate surface area is 120 Å². The molecule has 1 saturated carbocycles. The second-order valence-corrected chi connectivity index (χ2v) is 6.05. The molecular formula is C16H23NO3. The molecule has 3 rings (SSSR count). The van der Waals surface area contributed by atoms with E-state index in [0.717, 1.165) is 41.9 Å². The quantitative estimate of drug-likeness (QED) is 0.833. The summed E-state index contributed by atoms with van der Waals surface area (Å²) in [4.78, 5) is 5.48. The first-order valence-electron chi connectivity index (χ1n) is 7.42. The van der Waals surface area contributed by atoms with Gasteiger partial charge in [-0.3, -0.25) is 0 Å². The van der Waals surface area contributed by atoms with E-state index in [1.54, 1.807) is 0 Å². The Bertz CT molecular complexity index is 523. The van der Waals surface area contributed by atoms with Gasteiger partial charge >= 0.3 is 0 Å². The van der Waals surface area contributed by atoms with Gasteiger partial charge in [0.05, 0.1) is 19.3 Å². The van der Waals surface area contributed by atoms with Crippen LogP contribution in [-0.2, 0) is 4.84 Å². The predicted molar refractivity (Wildman–Crippen MR) is 76.9 cm³/mol. The van der Waals surface area contributed by atoms with E-state index in [1.807, 2.05) is 26.8 Å². The number of hydrogen-bond donors (Lipinski definition) is 2. The molecule has 2 aliphatic rings. The van der Waals surface area contributed by atoms with Gasteiger partial charge in [0.25, 0.3) is 0 Å². The maximum atomic E-state index is 10.1. The molecule has 4 nitrogen and oxygen atoms in total. The summed E-state index contributed by atoms with van der Waals surface area (Å²) in [5.74, 6) is 1.25. The van der Waals surface area contributed by atoms with Gasteiger partial charge in [-0.2, -0.15) is 5.48 Å². The standard InChI is InChI=1S/C16H23NO3/c1-4-20-17-15-12-8-13(18)10(2)11(3)14(12)19-9-16(15)6-5-7-16/h8,15,17-18H,4-7,9H2,1-3H3. The van der Waals surface area contributed by atoms with Crippen LogP contribution in [-0.4, -0.2) is 18.3 Å². The molecule has 4 heteroatoms. The molecule has 110 valence electrons. The fraction of sp³-hybridized carbons (Fsp3) is 0.625. The number of nitrogens with one attached hydrogen (secondary N) is 1. The summed E-state index contributed by atoms with van der Waals surface area (Å²) >= 11 is 0. The molecule has 1 aliphatic carbocycles. The molecule has 1 fully saturated rings. The van der Waals surface area contributed by atoms with Gasteiger partial charge < -0.3 is 14.7 Å². The first-order valence-corrected chi connectivity index (χ1v) is 7.42. The number of fused-ring (bicyclic) bond motifs is 1. The van der Waals surface area contributed by atoms with Gasteiger partial charge in [0.1, 0.15) is 11.5 Å². The molecule has 20 heavy (non-hydrogen) atoms. The van der Waals surface area contributed by atoms with Crippen LogP contribution in [0.15, 0.2) is 6.07 Å². The first-order chi connectivity index (χ1) is 9.59. The van der Waals surface area contributed by atoms with Crippen LogP contribution in [0.1, 0.15) is 48.9 Å². The number of benzene rings is 1. The highest BCUT2D eigenvalue weighted by molar-refractivity contribution is 5.54. The average Bonchev–Trinajstić information content (AvgIpc) is 2.40. The molecule has 1 aromatic carbocycles. The van der Waals surface area contributed by atoms with Crippen molar-refractivity contribution in [3.8, 4) is 11.5 Å². The van der Waals surface area contributed by atoms with Crippen molar-refractivity contribution in [1.82, 2.24) is 5.48 Å². The van der Waals surface area contributed by atoms with Crippen molar-refractivity contribution < 1.29 is 14.7 Å². The van der Waals surface area contributed by atoms with Crippen LogP contribution in [0.25, 0.3) is 0 Å². The molecule has 1 aliphatic heterocycles. The Hall–Kier alpha value is -1.26. The molecule has 1 unspecified atom stereocenters. The van der Waals surface area contributed by atoms with Gasteiger partial charge in [-0.1, -0.05) is 6.42 Å². The van der Waals surface area contributed by atoms with Crippen molar-refractivity contribution in [2.75, 3.05) is 13.2 Å². The highest BCUT2D eigenvalue weighted by Gasteiger charge is 2.49. The minimum Gasteiger partial charge on any atom is -0.508 e. The number of phenols is 1. The lowest BCUT2D eigenvalue weighted by molar-refractivity contribution is -0.0784. The van der Waals surface area contributed by atoms with Crippen molar-refractivity contribution in [3.05, 3.63) is 22.8 Å². The van der Waals surface area contributed by atoms with Gasteiger partial charge in [0, 0.05) is 11.0 Å². The number of ether oxygens (including phenoxy) is 1. The largest absolute Gasteiger partial charge is 0.508 e. The van der Waals surface area contributed by atoms with E-state index in [9.17, 15) is 5.11 Å². The average molecular weight is 277 g/mol. The Morgan fingerprint density at radius 3 is 2.75 bits per heavy atom. The second-order valence-electron chi connectivity index (χ2n) is 6.05. The number of phenolic OH excluding ortho intramolecular Hbond substituents is 1. The topological polar surface area (TPSA) is 50.7 Å². The lowest BCUT2D eigenvalue weighted by Gasteiger charge is -2.50. The molecule has 0 radical (unpaired) electrons. The lowest BCUT2D eigenvalue weighted by atomic mass is 9.62. The number of hydroxylamine groups is 1. The Morgan fingerprint density at radius 1 is 1.40 bits per heavy atom. The minimum absolute atomic E-state index is 0.102. The zero-order chi connectivity index (χ0) is 14.3. The molecule has 2 N–H and O–H groups in total. The van der Waals surface area contributed by atoms with E-state index in [-0.39, 0.29) is 11.5 Å². The Balaban J connectivity index is 2.05. The first kappa shape index (κ1) is 13.7.